The molecule has 0 saturated heterocycles. The number of aromatic nitrogens is 1. The maximum Gasteiger partial charge on any atom is 0.229 e. The molecule has 0 saturated carbocycles. The van der Waals surface area contributed by atoms with Crippen molar-refractivity contribution in [3.8, 4) is 0 Å². The van der Waals surface area contributed by atoms with Crippen molar-refractivity contribution < 1.29 is 14.3 Å². The van der Waals surface area contributed by atoms with Gasteiger partial charge in [-0.05, 0) is 48.6 Å². The fourth-order valence-electron chi connectivity index (χ4n) is 3.10. The van der Waals surface area contributed by atoms with Crippen molar-refractivity contribution in [3.63, 3.8) is 0 Å². The second-order valence-corrected chi connectivity index (χ2v) is 6.32. The van der Waals surface area contributed by atoms with Gasteiger partial charge < -0.3 is 10.4 Å². The van der Waals surface area contributed by atoms with Gasteiger partial charge in [-0.25, -0.2) is 4.39 Å². The number of fused-ring (bicyclic) bond motifs is 1. The lowest BCUT2D eigenvalue weighted by Gasteiger charge is -2.26. The van der Waals surface area contributed by atoms with Crippen LogP contribution in [0.4, 0.5) is 4.39 Å². The topological polar surface area (TPSA) is 62.2 Å². The van der Waals surface area contributed by atoms with Crippen molar-refractivity contribution in [1.29, 1.82) is 0 Å². The Hall–Kier alpha value is -1.98. The monoisotopic (exact) mass is 348 g/mol. The molecule has 0 fully saturated rings. The van der Waals surface area contributed by atoms with Crippen LogP contribution in [0, 0.1) is 5.82 Å². The van der Waals surface area contributed by atoms with Crippen molar-refractivity contribution >= 4 is 17.5 Å². The number of nitrogens with zero attached hydrogens (tertiary/aromatic N) is 1. The van der Waals surface area contributed by atoms with Crippen molar-refractivity contribution in [2.24, 2.45) is 0 Å². The lowest BCUT2D eigenvalue weighted by Crippen LogP contribution is -2.36. The fourth-order valence-corrected chi connectivity index (χ4v) is 3.22. The number of halogens is 2. The Morgan fingerprint density at radius 2 is 2.29 bits per heavy atom. The van der Waals surface area contributed by atoms with Gasteiger partial charge in [-0.15, -0.1) is 0 Å². The van der Waals surface area contributed by atoms with E-state index in [2.05, 4.69) is 10.3 Å². The van der Waals surface area contributed by atoms with Gasteiger partial charge in [0, 0.05) is 6.20 Å². The molecule has 0 unspecified atom stereocenters. The highest BCUT2D eigenvalue weighted by Crippen LogP contribution is 2.30. The van der Waals surface area contributed by atoms with Gasteiger partial charge in [-0.3, -0.25) is 9.78 Å². The molecule has 4 nitrogen and oxygen atoms in total. The summed E-state index contributed by atoms with van der Waals surface area (Å²) in [6, 6.07) is 7.42. The summed E-state index contributed by atoms with van der Waals surface area (Å²) in [5.74, 6) is -1.13. The Bertz CT molecular complexity index is 754. The molecule has 1 aromatic heterocycles. The number of rotatable bonds is 4. The Morgan fingerprint density at radius 3 is 3.04 bits per heavy atom. The van der Waals surface area contributed by atoms with Crippen molar-refractivity contribution in [2.75, 3.05) is 6.61 Å². The van der Waals surface area contributed by atoms with Crippen LogP contribution in [0.1, 0.15) is 41.6 Å². The number of aliphatic hydroxyl groups is 1. The van der Waals surface area contributed by atoms with Crippen LogP contribution in [0.3, 0.4) is 0 Å². The molecule has 1 amide bonds. The summed E-state index contributed by atoms with van der Waals surface area (Å²) in [6.45, 7) is -0.325. The predicted molar refractivity (Wildman–Crippen MR) is 89.3 cm³/mol. The van der Waals surface area contributed by atoms with Gasteiger partial charge in [-0.1, -0.05) is 23.7 Å². The Labute approximate surface area is 144 Å². The van der Waals surface area contributed by atoms with Crippen molar-refractivity contribution in [2.45, 2.75) is 31.2 Å². The van der Waals surface area contributed by atoms with Crippen LogP contribution in [-0.2, 0) is 11.2 Å². The molecule has 126 valence electrons. The predicted octanol–water partition coefficient (Wildman–Crippen LogP) is 3.14. The largest absolute Gasteiger partial charge is 0.394 e. The van der Waals surface area contributed by atoms with E-state index in [1.54, 1.807) is 12.3 Å². The molecule has 0 aliphatic heterocycles. The highest BCUT2D eigenvalue weighted by Gasteiger charge is 2.29. The van der Waals surface area contributed by atoms with Crippen LogP contribution >= 0.6 is 11.6 Å². The molecule has 2 atom stereocenters. The molecular weight excluding hydrogens is 331 g/mol. The number of carbonyl (C=O) groups is 1. The van der Waals surface area contributed by atoms with Crippen molar-refractivity contribution in [1.82, 2.24) is 10.3 Å². The van der Waals surface area contributed by atoms with Crippen LogP contribution in [-0.4, -0.2) is 22.6 Å². The molecule has 1 aliphatic carbocycles. The minimum Gasteiger partial charge on any atom is -0.394 e. The minimum absolute atomic E-state index is 0.00664. The van der Waals surface area contributed by atoms with E-state index in [-0.39, 0.29) is 23.5 Å². The summed E-state index contributed by atoms with van der Waals surface area (Å²) in [4.78, 5) is 17.0. The number of aliphatic hydroxyl groups excluding tert-OH is 1. The zero-order valence-corrected chi connectivity index (χ0v) is 13.8. The van der Waals surface area contributed by atoms with Gasteiger partial charge in [0.2, 0.25) is 5.91 Å². The normalized spacial score (nSPS) is 17.9. The van der Waals surface area contributed by atoms with Gasteiger partial charge in [0.05, 0.1) is 29.3 Å². The lowest BCUT2D eigenvalue weighted by molar-refractivity contribution is -0.124. The number of benzene rings is 1. The number of amides is 1. The molecule has 24 heavy (non-hydrogen) atoms. The average Bonchev–Trinajstić information content (AvgIpc) is 2.61. The number of aryl methyl sites for hydroxylation is 1. The van der Waals surface area contributed by atoms with E-state index >= 15 is 0 Å². The van der Waals surface area contributed by atoms with Gasteiger partial charge in [0.25, 0.3) is 0 Å². The number of hydrogen-bond acceptors (Lipinski definition) is 3. The summed E-state index contributed by atoms with van der Waals surface area (Å²) < 4.78 is 13.6. The van der Waals surface area contributed by atoms with Gasteiger partial charge in [0.1, 0.15) is 5.82 Å². The van der Waals surface area contributed by atoms with Crippen LogP contribution in [0.5, 0.6) is 0 Å². The number of hydrogen-bond donors (Lipinski definition) is 2. The molecule has 1 heterocycles. The van der Waals surface area contributed by atoms with Gasteiger partial charge >= 0.3 is 0 Å². The molecule has 0 radical (unpaired) electrons. The summed E-state index contributed by atoms with van der Waals surface area (Å²) in [6.07, 6.45) is 4.22. The summed E-state index contributed by atoms with van der Waals surface area (Å²) in [5.41, 5.74) is 2.35. The van der Waals surface area contributed by atoms with Crippen LogP contribution in [0.25, 0.3) is 0 Å². The van der Waals surface area contributed by atoms with Gasteiger partial charge in [-0.2, -0.15) is 0 Å². The van der Waals surface area contributed by atoms with E-state index in [4.69, 9.17) is 11.6 Å². The highest BCUT2D eigenvalue weighted by atomic mass is 35.5. The third-order valence-corrected chi connectivity index (χ3v) is 4.66. The fraction of sp³-hybridized carbons (Fsp3) is 0.333. The lowest BCUT2D eigenvalue weighted by atomic mass is 9.86. The highest BCUT2D eigenvalue weighted by molar-refractivity contribution is 6.30. The van der Waals surface area contributed by atoms with Gasteiger partial charge in [0.15, 0.2) is 0 Å². The van der Waals surface area contributed by atoms with E-state index < -0.39 is 11.9 Å². The summed E-state index contributed by atoms with van der Waals surface area (Å²) in [5, 5.41) is 12.4. The molecule has 6 heteroatoms. The van der Waals surface area contributed by atoms with Crippen LogP contribution < -0.4 is 5.32 Å². The molecule has 1 aromatic carbocycles. The van der Waals surface area contributed by atoms with E-state index in [1.165, 1.54) is 12.1 Å². The minimum atomic E-state index is -0.682. The second kappa shape index (κ2) is 7.28. The van der Waals surface area contributed by atoms with Crippen LogP contribution in [0.15, 0.2) is 36.5 Å². The Balaban J connectivity index is 1.79. The first kappa shape index (κ1) is 16.9. The molecule has 2 N–H and O–H groups in total. The maximum atomic E-state index is 13.6. The van der Waals surface area contributed by atoms with E-state index in [0.29, 0.717) is 12.0 Å². The zero-order chi connectivity index (χ0) is 17.1. The number of carbonyl (C=O) groups excluding carboxylic acids is 1. The third-order valence-electron chi connectivity index (χ3n) is 4.36. The summed E-state index contributed by atoms with van der Waals surface area (Å²) in [7, 11) is 0. The molecular formula is C18H18ClFN2O2. The number of nitrogens with one attached hydrogen (secondary N) is 1. The van der Waals surface area contributed by atoms with E-state index in [1.807, 2.05) is 12.1 Å². The first-order valence-corrected chi connectivity index (χ1v) is 8.28. The smallest absolute Gasteiger partial charge is 0.229 e. The Kier molecular flexibility index (Phi) is 5.11. The molecule has 0 bridgehead atoms. The molecule has 3 rings (SSSR count). The first-order chi connectivity index (χ1) is 11.6. The molecule has 2 aromatic rings. The Morgan fingerprint density at radius 1 is 1.46 bits per heavy atom. The SMILES string of the molecule is O=C(N[C@H](CO)c1ccc(Cl)c(F)c1)[C@H]1CCCc2cccnc21. The third kappa shape index (κ3) is 3.42. The molecule has 0 spiro atoms. The standard InChI is InChI=1S/C18H18ClFN2O2/c19-14-7-6-12(9-15(14)20)16(10-23)22-18(24)13-5-1-3-11-4-2-8-21-17(11)13/h2,4,6-9,13,16,23H,1,3,5,10H2,(H,22,24)/t13-,16+/m0/s1. The van der Waals surface area contributed by atoms with E-state index in [9.17, 15) is 14.3 Å². The molecule has 1 aliphatic rings. The zero-order valence-electron chi connectivity index (χ0n) is 13.0. The maximum absolute atomic E-state index is 13.6. The van der Waals surface area contributed by atoms with Crippen molar-refractivity contribution in [3.05, 3.63) is 64.2 Å². The summed E-state index contributed by atoms with van der Waals surface area (Å²) >= 11 is 5.68. The average molecular weight is 349 g/mol. The quantitative estimate of drug-likeness (QED) is 0.892. The second-order valence-electron chi connectivity index (χ2n) is 5.91. The first-order valence-electron chi connectivity index (χ1n) is 7.90. The van der Waals surface area contributed by atoms with Crippen LogP contribution in [0.2, 0.25) is 5.02 Å². The van der Waals surface area contributed by atoms with E-state index in [0.717, 1.165) is 24.1 Å². The number of pyridine rings is 1.